The molecule has 0 radical (unpaired) electrons. The van der Waals surface area contributed by atoms with Crippen molar-refractivity contribution in [2.45, 2.75) is 32.1 Å². The van der Waals surface area contributed by atoms with Gasteiger partial charge >= 0.3 is 0 Å². The van der Waals surface area contributed by atoms with Crippen molar-refractivity contribution in [2.24, 2.45) is 5.92 Å². The topological polar surface area (TPSA) is 41.1 Å². The Kier molecular flexibility index (Phi) is 6.14. The van der Waals surface area contributed by atoms with E-state index in [2.05, 4.69) is 10.6 Å². The van der Waals surface area contributed by atoms with E-state index in [1.165, 1.54) is 17.7 Å². The first-order chi connectivity index (χ1) is 9.24. The van der Waals surface area contributed by atoms with Crippen molar-refractivity contribution in [3.63, 3.8) is 0 Å². The molecule has 1 aromatic heterocycles. The molecule has 1 aliphatic rings. The van der Waals surface area contributed by atoms with Gasteiger partial charge in [0.25, 0.3) is 0 Å². The second-order valence-electron chi connectivity index (χ2n) is 5.06. The van der Waals surface area contributed by atoms with Gasteiger partial charge in [0.15, 0.2) is 0 Å². The van der Waals surface area contributed by atoms with Crippen LogP contribution in [-0.2, 0) is 11.2 Å². The predicted molar refractivity (Wildman–Crippen MR) is 80.9 cm³/mol. The van der Waals surface area contributed by atoms with E-state index < -0.39 is 0 Å². The lowest BCUT2D eigenvalue weighted by atomic mass is 9.96. The normalized spacial score (nSPS) is 19.3. The van der Waals surface area contributed by atoms with Gasteiger partial charge in [-0.3, -0.25) is 4.79 Å². The van der Waals surface area contributed by atoms with Crippen LogP contribution in [0.15, 0.2) is 12.1 Å². The average molecular weight is 301 g/mol. The summed E-state index contributed by atoms with van der Waals surface area (Å²) in [4.78, 5) is 12.9. The van der Waals surface area contributed by atoms with Gasteiger partial charge in [-0.2, -0.15) is 0 Å². The van der Waals surface area contributed by atoms with Gasteiger partial charge < -0.3 is 10.6 Å². The minimum atomic E-state index is 0.147. The summed E-state index contributed by atoms with van der Waals surface area (Å²) in [5.74, 6) is 0.874. The van der Waals surface area contributed by atoms with Crippen molar-refractivity contribution >= 4 is 28.8 Å². The number of aryl methyl sites for hydroxylation is 1. The molecule has 106 valence electrons. The number of amides is 1. The fourth-order valence-corrected chi connectivity index (χ4v) is 3.48. The minimum Gasteiger partial charge on any atom is -0.356 e. The van der Waals surface area contributed by atoms with Crippen molar-refractivity contribution in [1.29, 1.82) is 0 Å². The van der Waals surface area contributed by atoms with Crippen LogP contribution in [0.5, 0.6) is 0 Å². The van der Waals surface area contributed by atoms with E-state index in [0.717, 1.165) is 42.7 Å². The molecule has 3 nitrogen and oxygen atoms in total. The zero-order chi connectivity index (χ0) is 13.5. The first kappa shape index (κ1) is 14.8. The molecule has 1 amide bonds. The Balaban J connectivity index is 1.56. The number of rotatable bonds is 6. The molecule has 1 saturated heterocycles. The third-order valence-corrected chi connectivity index (χ3v) is 4.79. The fourth-order valence-electron chi connectivity index (χ4n) is 2.40. The summed E-state index contributed by atoms with van der Waals surface area (Å²) >= 11 is 7.41. The number of nitrogens with one attached hydrogen (secondary N) is 2. The first-order valence-electron chi connectivity index (χ1n) is 6.95. The van der Waals surface area contributed by atoms with E-state index in [1.54, 1.807) is 11.3 Å². The largest absolute Gasteiger partial charge is 0.356 e. The summed E-state index contributed by atoms with van der Waals surface area (Å²) in [7, 11) is 0. The maximum Gasteiger partial charge on any atom is 0.220 e. The highest BCUT2D eigenvalue weighted by atomic mass is 35.5. The van der Waals surface area contributed by atoms with E-state index >= 15 is 0 Å². The highest BCUT2D eigenvalue weighted by Gasteiger charge is 2.12. The van der Waals surface area contributed by atoms with Crippen LogP contribution in [0.1, 0.15) is 30.6 Å². The molecule has 0 bridgehead atoms. The maximum absolute atomic E-state index is 11.7. The van der Waals surface area contributed by atoms with Gasteiger partial charge in [-0.15, -0.1) is 11.3 Å². The number of thiophene rings is 1. The monoisotopic (exact) mass is 300 g/mol. The van der Waals surface area contributed by atoms with Gasteiger partial charge in [0.05, 0.1) is 4.34 Å². The number of carbonyl (C=O) groups excluding carboxylic acids is 1. The predicted octanol–water partition coefficient (Wildman–Crippen LogP) is 2.84. The van der Waals surface area contributed by atoms with Crippen molar-refractivity contribution < 1.29 is 4.79 Å². The van der Waals surface area contributed by atoms with Crippen molar-refractivity contribution in [2.75, 3.05) is 19.6 Å². The van der Waals surface area contributed by atoms with Crippen LogP contribution < -0.4 is 10.6 Å². The minimum absolute atomic E-state index is 0.147. The van der Waals surface area contributed by atoms with Gasteiger partial charge in [0.1, 0.15) is 0 Å². The van der Waals surface area contributed by atoms with E-state index in [-0.39, 0.29) is 5.91 Å². The second-order valence-corrected chi connectivity index (χ2v) is 6.86. The molecule has 5 heteroatoms. The second kappa shape index (κ2) is 7.88. The fraction of sp³-hybridized carbons (Fsp3) is 0.643. The van der Waals surface area contributed by atoms with Crippen LogP contribution in [-0.4, -0.2) is 25.5 Å². The van der Waals surface area contributed by atoms with Gasteiger partial charge in [0.2, 0.25) is 5.91 Å². The van der Waals surface area contributed by atoms with Crippen molar-refractivity contribution in [1.82, 2.24) is 10.6 Å². The van der Waals surface area contributed by atoms with Gasteiger partial charge in [-0.25, -0.2) is 0 Å². The molecule has 2 rings (SSSR count). The third-order valence-electron chi connectivity index (χ3n) is 3.50. The van der Waals surface area contributed by atoms with E-state index in [0.29, 0.717) is 6.42 Å². The summed E-state index contributed by atoms with van der Waals surface area (Å²) in [6.45, 7) is 3.05. The average Bonchev–Trinajstić information content (AvgIpc) is 2.83. The Hall–Kier alpha value is -0.580. The Bertz CT molecular complexity index is 402. The Morgan fingerprint density at radius 3 is 3.11 bits per heavy atom. The molecule has 0 aromatic carbocycles. The lowest BCUT2D eigenvalue weighted by Gasteiger charge is -2.22. The van der Waals surface area contributed by atoms with Crippen molar-refractivity contribution in [3.05, 3.63) is 21.3 Å². The quantitative estimate of drug-likeness (QED) is 0.848. The zero-order valence-electron chi connectivity index (χ0n) is 11.1. The molecule has 19 heavy (non-hydrogen) atoms. The molecular weight excluding hydrogens is 280 g/mol. The molecule has 1 atom stereocenters. The summed E-state index contributed by atoms with van der Waals surface area (Å²) in [6.07, 6.45) is 4.98. The van der Waals surface area contributed by atoms with Gasteiger partial charge in [0, 0.05) is 17.8 Å². The highest BCUT2D eigenvalue weighted by Crippen LogP contribution is 2.22. The Labute approximate surface area is 123 Å². The standard InChI is InChI=1S/C14H21ClN2OS/c15-13-5-3-12(19-13)4-6-14(18)17-9-7-11-2-1-8-16-10-11/h3,5,11,16H,1-2,4,6-10H2,(H,17,18)/t11-/m0/s1. The van der Waals surface area contributed by atoms with Crippen LogP contribution in [0.3, 0.4) is 0 Å². The Morgan fingerprint density at radius 2 is 2.42 bits per heavy atom. The molecule has 2 N–H and O–H groups in total. The van der Waals surface area contributed by atoms with Crippen LogP contribution in [0, 0.1) is 5.92 Å². The van der Waals surface area contributed by atoms with Gasteiger partial charge in [-0.05, 0) is 56.8 Å². The molecule has 1 aromatic rings. The molecule has 0 aliphatic carbocycles. The van der Waals surface area contributed by atoms with Gasteiger partial charge in [-0.1, -0.05) is 11.6 Å². The van der Waals surface area contributed by atoms with Crippen molar-refractivity contribution in [3.8, 4) is 0 Å². The highest BCUT2D eigenvalue weighted by molar-refractivity contribution is 7.16. The van der Waals surface area contributed by atoms with E-state index in [1.807, 2.05) is 12.1 Å². The number of hydrogen-bond donors (Lipinski definition) is 2. The molecule has 1 aliphatic heterocycles. The summed E-state index contributed by atoms with van der Waals surface area (Å²) in [5, 5.41) is 6.41. The van der Waals surface area contributed by atoms with Crippen LogP contribution >= 0.6 is 22.9 Å². The van der Waals surface area contributed by atoms with E-state index in [4.69, 9.17) is 11.6 Å². The third kappa shape index (κ3) is 5.51. The lowest BCUT2D eigenvalue weighted by Crippen LogP contribution is -2.33. The SMILES string of the molecule is O=C(CCc1ccc(Cl)s1)NCC[C@@H]1CCCNC1. The van der Waals surface area contributed by atoms with Crippen LogP contribution in [0.4, 0.5) is 0 Å². The maximum atomic E-state index is 11.7. The van der Waals surface area contributed by atoms with Crippen LogP contribution in [0.25, 0.3) is 0 Å². The zero-order valence-corrected chi connectivity index (χ0v) is 12.7. The lowest BCUT2D eigenvalue weighted by molar-refractivity contribution is -0.121. The number of carbonyl (C=O) groups is 1. The number of piperidine rings is 1. The summed E-state index contributed by atoms with van der Waals surface area (Å²) < 4.78 is 0.792. The summed E-state index contributed by atoms with van der Waals surface area (Å²) in [6, 6.07) is 3.88. The molecule has 0 spiro atoms. The summed E-state index contributed by atoms with van der Waals surface area (Å²) in [5.41, 5.74) is 0. The number of hydrogen-bond acceptors (Lipinski definition) is 3. The Morgan fingerprint density at radius 1 is 1.53 bits per heavy atom. The molecule has 2 heterocycles. The molecule has 0 unspecified atom stereocenters. The first-order valence-corrected chi connectivity index (χ1v) is 8.15. The smallest absolute Gasteiger partial charge is 0.220 e. The van der Waals surface area contributed by atoms with Crippen LogP contribution in [0.2, 0.25) is 4.34 Å². The molecule has 1 fully saturated rings. The molecular formula is C14H21ClN2OS. The molecule has 0 saturated carbocycles. The number of halogens is 1. The van der Waals surface area contributed by atoms with E-state index in [9.17, 15) is 4.79 Å².